The quantitative estimate of drug-likeness (QED) is 0.0816. The van der Waals surface area contributed by atoms with Gasteiger partial charge in [0.05, 0.1) is 66.7 Å². The monoisotopic (exact) mass is 852 g/mol. The van der Waals surface area contributed by atoms with Gasteiger partial charge in [0.15, 0.2) is 0 Å². The minimum Gasteiger partial charge on any atom is -0.494 e. The lowest BCUT2D eigenvalue weighted by Gasteiger charge is -2.37. The largest absolute Gasteiger partial charge is 0.494 e. The van der Waals surface area contributed by atoms with Gasteiger partial charge in [-0.2, -0.15) is 0 Å². The van der Waals surface area contributed by atoms with Crippen LogP contribution in [0.3, 0.4) is 0 Å². The number of imidazole rings is 2. The van der Waals surface area contributed by atoms with E-state index in [-0.39, 0.29) is 11.4 Å². The summed E-state index contributed by atoms with van der Waals surface area (Å²) in [5, 5.41) is 2.09. The Bertz CT molecular complexity index is 2470. The lowest BCUT2D eigenvalue weighted by Crippen LogP contribution is -2.47. The summed E-state index contributed by atoms with van der Waals surface area (Å²) in [6.07, 6.45) is 2.84. The average Bonchev–Trinajstić information content (AvgIpc) is 3.78. The van der Waals surface area contributed by atoms with E-state index in [1.54, 1.807) is 0 Å². The molecule has 2 saturated heterocycles. The molecule has 2 aliphatic rings. The number of ether oxygens (including phenoxy) is 2. The molecule has 4 N–H and O–H groups in total. The third-order valence-electron chi connectivity index (χ3n) is 10.8. The first-order chi connectivity index (χ1) is 27.7. The van der Waals surface area contributed by atoms with Crippen molar-refractivity contribution in [3.8, 4) is 22.6 Å². The van der Waals surface area contributed by atoms with Crippen molar-refractivity contribution in [2.24, 2.45) is 0 Å². The number of halogens is 4. The van der Waals surface area contributed by atoms with Gasteiger partial charge < -0.3 is 39.2 Å². The highest BCUT2D eigenvalue weighted by Gasteiger charge is 2.24. The molecule has 0 aliphatic carbocycles. The number of fused-ring (bicyclic) bond motifs is 2. The summed E-state index contributed by atoms with van der Waals surface area (Å²) >= 11 is 27.2. The van der Waals surface area contributed by atoms with Gasteiger partial charge >= 0.3 is 11.4 Å². The van der Waals surface area contributed by atoms with E-state index < -0.39 is 0 Å². The molecule has 12 nitrogen and oxygen atoms in total. The van der Waals surface area contributed by atoms with Gasteiger partial charge in [0, 0.05) is 71.0 Å². The Morgan fingerprint density at radius 1 is 0.491 bits per heavy atom. The zero-order valence-corrected chi connectivity index (χ0v) is 34.3. The molecule has 2 aromatic heterocycles. The molecule has 0 bridgehead atoms. The molecule has 2 fully saturated rings. The van der Waals surface area contributed by atoms with Gasteiger partial charge in [-0.15, -0.1) is 0 Å². The SMILES string of the molecule is O=c1[nH]c2ccc(OCCCCN3CCN(c4cc(-c5cc(Cl)c(Cl)c(N6CCN(CCCOc7ccc8[nH]c(=O)[nH]c8c7)CC6)c5)cc(Cl)c4Cl)CC3)cc2[nH]1. The van der Waals surface area contributed by atoms with Crippen LogP contribution in [0.25, 0.3) is 33.2 Å². The summed E-state index contributed by atoms with van der Waals surface area (Å²) in [5.74, 6) is 1.49. The van der Waals surface area contributed by atoms with Crippen LogP contribution in [0.2, 0.25) is 20.1 Å². The number of H-pyrrole nitrogens is 4. The number of rotatable bonds is 14. The highest BCUT2D eigenvalue weighted by Crippen LogP contribution is 2.42. The van der Waals surface area contributed by atoms with Gasteiger partial charge in [-0.05, 0) is 85.5 Å². The Hall–Kier alpha value is -4.30. The van der Waals surface area contributed by atoms with Crippen LogP contribution in [-0.4, -0.2) is 108 Å². The standard InChI is InChI=1S/C41H44Cl4N8O4/c42-30-20-26(22-36(38(30)44)52-14-10-50(11-15-52)8-1-2-18-56-28-4-6-32-34(24-28)48-40(54)46-32)27-21-31(43)39(45)37(23-27)53-16-12-51(13-17-53)9-3-19-57-29-5-7-33-35(25-29)49-41(55)47-33/h4-7,20-25H,1-3,8-19H2,(H2,46,48,54)(H2,47,49,55). The van der Waals surface area contributed by atoms with E-state index in [0.29, 0.717) is 33.3 Å². The van der Waals surface area contributed by atoms with Crippen molar-refractivity contribution in [2.45, 2.75) is 19.3 Å². The van der Waals surface area contributed by atoms with Gasteiger partial charge in [0.1, 0.15) is 11.5 Å². The predicted molar refractivity (Wildman–Crippen MR) is 232 cm³/mol. The van der Waals surface area contributed by atoms with Crippen LogP contribution in [0, 0.1) is 0 Å². The number of hydrogen-bond donors (Lipinski definition) is 4. The van der Waals surface area contributed by atoms with Crippen molar-refractivity contribution in [1.29, 1.82) is 0 Å². The number of piperazine rings is 2. The molecule has 0 radical (unpaired) electrons. The molecular formula is C41H44Cl4N8O4. The maximum absolute atomic E-state index is 11.5. The molecule has 300 valence electrons. The molecule has 57 heavy (non-hydrogen) atoms. The number of aromatic nitrogens is 4. The number of anilines is 2. The van der Waals surface area contributed by atoms with Gasteiger partial charge in [-0.1, -0.05) is 46.4 Å². The second-order valence-corrected chi connectivity index (χ2v) is 16.1. The second-order valence-electron chi connectivity index (χ2n) is 14.6. The summed E-state index contributed by atoms with van der Waals surface area (Å²) < 4.78 is 11.9. The van der Waals surface area contributed by atoms with Gasteiger partial charge in [-0.25, -0.2) is 9.59 Å². The summed E-state index contributed by atoms with van der Waals surface area (Å²) in [4.78, 5) is 43.6. The van der Waals surface area contributed by atoms with Crippen LogP contribution in [0.4, 0.5) is 11.4 Å². The van der Waals surface area contributed by atoms with E-state index in [1.807, 2.05) is 48.5 Å². The molecule has 6 aromatic rings. The van der Waals surface area contributed by atoms with Crippen LogP contribution >= 0.6 is 46.4 Å². The Labute approximate surface area is 349 Å². The third-order valence-corrected chi connectivity index (χ3v) is 12.4. The Balaban J connectivity index is 0.819. The molecule has 4 heterocycles. The zero-order valence-electron chi connectivity index (χ0n) is 31.3. The Morgan fingerprint density at radius 2 is 0.912 bits per heavy atom. The van der Waals surface area contributed by atoms with E-state index >= 15 is 0 Å². The van der Waals surface area contributed by atoms with E-state index in [2.05, 4.69) is 51.7 Å². The highest BCUT2D eigenvalue weighted by atomic mass is 35.5. The summed E-state index contributed by atoms with van der Waals surface area (Å²) in [6.45, 7) is 10.0. The summed E-state index contributed by atoms with van der Waals surface area (Å²) in [5.41, 5.74) is 6.26. The van der Waals surface area contributed by atoms with Gasteiger partial charge in [-0.3, -0.25) is 9.80 Å². The van der Waals surface area contributed by atoms with Crippen molar-refractivity contribution >= 4 is 79.8 Å². The number of nitrogens with one attached hydrogen (secondary N) is 4. The maximum atomic E-state index is 11.5. The Morgan fingerprint density at radius 3 is 1.39 bits per heavy atom. The minimum absolute atomic E-state index is 0.219. The van der Waals surface area contributed by atoms with Crippen molar-refractivity contribution < 1.29 is 9.47 Å². The number of hydrogen-bond acceptors (Lipinski definition) is 8. The first-order valence-electron chi connectivity index (χ1n) is 19.3. The minimum atomic E-state index is -0.224. The fraction of sp³-hybridized carbons (Fsp3) is 0.366. The van der Waals surface area contributed by atoms with Crippen molar-refractivity contribution in [1.82, 2.24) is 29.7 Å². The smallest absolute Gasteiger partial charge is 0.323 e. The first kappa shape index (κ1) is 39.5. The van der Waals surface area contributed by atoms with Crippen molar-refractivity contribution in [3.05, 3.63) is 102 Å². The lowest BCUT2D eigenvalue weighted by molar-refractivity contribution is 0.225. The second kappa shape index (κ2) is 17.7. The zero-order chi connectivity index (χ0) is 39.5. The fourth-order valence-corrected chi connectivity index (χ4v) is 8.56. The average molecular weight is 855 g/mol. The number of benzene rings is 4. The molecule has 16 heteroatoms. The van der Waals surface area contributed by atoms with Crippen LogP contribution < -0.4 is 30.7 Å². The third kappa shape index (κ3) is 9.38. The van der Waals surface area contributed by atoms with Gasteiger partial charge in [0.25, 0.3) is 0 Å². The molecule has 0 spiro atoms. The highest BCUT2D eigenvalue weighted by molar-refractivity contribution is 6.45. The number of nitrogens with zero attached hydrogens (tertiary/aromatic N) is 4. The molecule has 8 rings (SSSR count). The van der Waals surface area contributed by atoms with E-state index in [0.717, 1.165) is 141 Å². The maximum Gasteiger partial charge on any atom is 0.323 e. The van der Waals surface area contributed by atoms with E-state index in [4.69, 9.17) is 55.9 Å². The topological polar surface area (TPSA) is 129 Å². The normalized spacial score (nSPS) is 15.6. The molecule has 0 unspecified atom stereocenters. The molecule has 4 aromatic carbocycles. The predicted octanol–water partition coefficient (Wildman–Crippen LogP) is 7.88. The van der Waals surface area contributed by atoms with Crippen molar-refractivity contribution in [3.63, 3.8) is 0 Å². The number of unbranched alkanes of at least 4 members (excludes halogenated alkanes) is 1. The van der Waals surface area contributed by atoms with Crippen LogP contribution in [-0.2, 0) is 0 Å². The molecule has 0 atom stereocenters. The molecule has 0 saturated carbocycles. The van der Waals surface area contributed by atoms with Gasteiger partial charge in [0.2, 0.25) is 0 Å². The van der Waals surface area contributed by atoms with Crippen molar-refractivity contribution in [2.75, 3.05) is 88.5 Å². The molecular weight excluding hydrogens is 810 g/mol. The van der Waals surface area contributed by atoms with E-state index in [9.17, 15) is 9.59 Å². The summed E-state index contributed by atoms with van der Waals surface area (Å²) in [6, 6.07) is 19.2. The fourth-order valence-electron chi connectivity index (χ4n) is 7.68. The Kier molecular flexibility index (Phi) is 12.3. The van der Waals surface area contributed by atoms with Crippen LogP contribution in [0.1, 0.15) is 19.3 Å². The van der Waals surface area contributed by atoms with Crippen LogP contribution in [0.5, 0.6) is 11.5 Å². The number of aromatic amines is 4. The van der Waals surface area contributed by atoms with Crippen LogP contribution in [0.15, 0.2) is 70.3 Å². The molecule has 0 amide bonds. The summed E-state index contributed by atoms with van der Waals surface area (Å²) in [7, 11) is 0. The van der Waals surface area contributed by atoms with E-state index in [1.165, 1.54) is 0 Å². The molecule has 2 aliphatic heterocycles. The lowest BCUT2D eigenvalue weighted by atomic mass is 10.0. The first-order valence-corrected chi connectivity index (χ1v) is 20.8.